The molecule has 1 amide bonds. The van der Waals surface area contributed by atoms with Crippen LogP contribution in [-0.2, 0) is 4.79 Å². The highest BCUT2D eigenvalue weighted by molar-refractivity contribution is 9.11. The molecule has 0 aliphatic carbocycles. The Labute approximate surface area is 165 Å². The Hall–Kier alpha value is -2.45. The first-order valence-corrected chi connectivity index (χ1v) is 8.99. The molecule has 2 aromatic rings. The molecule has 1 heterocycles. The van der Waals surface area contributed by atoms with Crippen LogP contribution in [0.4, 0.5) is 5.69 Å². The lowest BCUT2D eigenvalue weighted by Crippen LogP contribution is -2.21. The molecule has 0 atom stereocenters. The van der Waals surface area contributed by atoms with Gasteiger partial charge >= 0.3 is 5.97 Å². The van der Waals surface area contributed by atoms with Crippen LogP contribution in [0, 0.1) is 0 Å². The van der Waals surface area contributed by atoms with Crippen molar-refractivity contribution < 1.29 is 19.8 Å². The number of anilines is 1. The van der Waals surface area contributed by atoms with Gasteiger partial charge in [-0.2, -0.15) is 10.1 Å². The molecule has 0 bridgehead atoms. The van der Waals surface area contributed by atoms with E-state index in [1.165, 1.54) is 29.3 Å². The van der Waals surface area contributed by atoms with E-state index < -0.39 is 5.97 Å². The smallest absolute Gasteiger partial charge is 0.335 e. The number of benzene rings is 2. The van der Waals surface area contributed by atoms with Crippen LogP contribution in [0.2, 0.25) is 0 Å². The Morgan fingerprint density at radius 2 is 1.73 bits per heavy atom. The fourth-order valence-corrected chi connectivity index (χ4v) is 3.66. The third-order valence-corrected chi connectivity index (χ3v) is 4.98. The van der Waals surface area contributed by atoms with Gasteiger partial charge in [0.15, 0.2) is 0 Å². The summed E-state index contributed by atoms with van der Waals surface area (Å²) in [4.78, 5) is 23.7. The first-order chi connectivity index (χ1) is 12.3. The average Bonchev–Trinajstić information content (AvgIpc) is 2.88. The van der Waals surface area contributed by atoms with Crippen LogP contribution in [0.5, 0.6) is 5.75 Å². The summed E-state index contributed by atoms with van der Waals surface area (Å²) in [5.41, 5.74) is 2.28. The number of aromatic carboxylic acids is 1. The number of aromatic hydroxyl groups is 1. The number of carbonyl (C=O) groups excluding carboxylic acids is 1. The maximum absolute atomic E-state index is 12.7. The van der Waals surface area contributed by atoms with E-state index in [1.54, 1.807) is 25.1 Å². The van der Waals surface area contributed by atoms with Crippen molar-refractivity contribution in [1.82, 2.24) is 0 Å². The summed E-state index contributed by atoms with van der Waals surface area (Å²) in [5, 5.41) is 24.3. The SMILES string of the molecule is CC1=NN(c2ccc(C(=O)O)cc2)C(=O)/C1=C/c1cc(Br)c(O)c(Br)c1. The molecule has 1 aliphatic heterocycles. The molecule has 132 valence electrons. The van der Waals surface area contributed by atoms with Gasteiger partial charge in [-0.3, -0.25) is 4.79 Å². The lowest BCUT2D eigenvalue weighted by atomic mass is 10.1. The highest BCUT2D eigenvalue weighted by Crippen LogP contribution is 2.34. The zero-order valence-corrected chi connectivity index (χ0v) is 16.6. The van der Waals surface area contributed by atoms with Gasteiger partial charge in [-0.25, -0.2) is 4.79 Å². The number of halogens is 2. The minimum Gasteiger partial charge on any atom is -0.506 e. The Balaban J connectivity index is 1.94. The Bertz CT molecular complexity index is 958. The van der Waals surface area contributed by atoms with Gasteiger partial charge in [0.2, 0.25) is 0 Å². The molecular weight excluding hydrogens is 468 g/mol. The van der Waals surface area contributed by atoms with Gasteiger partial charge < -0.3 is 10.2 Å². The van der Waals surface area contributed by atoms with E-state index in [2.05, 4.69) is 37.0 Å². The molecule has 26 heavy (non-hydrogen) atoms. The number of phenols is 1. The van der Waals surface area contributed by atoms with E-state index in [0.29, 0.717) is 31.5 Å². The minimum atomic E-state index is -1.03. The summed E-state index contributed by atoms with van der Waals surface area (Å²) in [6.07, 6.45) is 1.68. The number of rotatable bonds is 3. The molecule has 6 nitrogen and oxygen atoms in total. The highest BCUT2D eigenvalue weighted by atomic mass is 79.9. The fraction of sp³-hybridized carbons (Fsp3) is 0.0556. The van der Waals surface area contributed by atoms with Gasteiger partial charge in [-0.15, -0.1) is 0 Å². The number of hydrogen-bond acceptors (Lipinski definition) is 4. The molecule has 0 aromatic heterocycles. The molecule has 0 radical (unpaired) electrons. The maximum atomic E-state index is 12.7. The largest absolute Gasteiger partial charge is 0.506 e. The van der Waals surface area contributed by atoms with Crippen LogP contribution in [0.3, 0.4) is 0 Å². The van der Waals surface area contributed by atoms with Crippen molar-refractivity contribution in [3.05, 3.63) is 62.0 Å². The van der Waals surface area contributed by atoms with E-state index in [0.717, 1.165) is 0 Å². The van der Waals surface area contributed by atoms with Gasteiger partial charge in [0.1, 0.15) is 5.75 Å². The quantitative estimate of drug-likeness (QED) is 0.637. The van der Waals surface area contributed by atoms with Crippen LogP contribution in [0.15, 0.2) is 56.0 Å². The highest BCUT2D eigenvalue weighted by Gasteiger charge is 2.28. The van der Waals surface area contributed by atoms with E-state index in [4.69, 9.17) is 5.11 Å². The first-order valence-electron chi connectivity index (χ1n) is 7.41. The molecule has 0 saturated carbocycles. The first kappa shape index (κ1) is 18.3. The van der Waals surface area contributed by atoms with Crippen LogP contribution < -0.4 is 5.01 Å². The number of carbonyl (C=O) groups is 2. The summed E-state index contributed by atoms with van der Waals surface area (Å²) in [6.45, 7) is 1.72. The Morgan fingerprint density at radius 3 is 2.27 bits per heavy atom. The molecule has 0 unspecified atom stereocenters. The molecule has 0 spiro atoms. The molecule has 0 saturated heterocycles. The van der Waals surface area contributed by atoms with Crippen LogP contribution in [0.1, 0.15) is 22.8 Å². The van der Waals surface area contributed by atoms with Gasteiger partial charge in [0, 0.05) is 0 Å². The van der Waals surface area contributed by atoms with Crippen molar-refractivity contribution in [3.63, 3.8) is 0 Å². The van der Waals surface area contributed by atoms with Crippen LogP contribution in [0.25, 0.3) is 6.08 Å². The van der Waals surface area contributed by atoms with Crippen molar-refractivity contribution >= 4 is 61.2 Å². The van der Waals surface area contributed by atoms with Crippen molar-refractivity contribution in [1.29, 1.82) is 0 Å². The van der Waals surface area contributed by atoms with Gasteiger partial charge in [-0.05, 0) is 86.8 Å². The summed E-state index contributed by atoms with van der Waals surface area (Å²) in [5.74, 6) is -1.27. The van der Waals surface area contributed by atoms with Gasteiger partial charge in [0.25, 0.3) is 5.91 Å². The number of nitrogens with zero attached hydrogens (tertiary/aromatic N) is 2. The summed E-state index contributed by atoms with van der Waals surface area (Å²) < 4.78 is 1.000. The van der Waals surface area contributed by atoms with Crippen molar-refractivity contribution in [3.8, 4) is 5.75 Å². The molecule has 8 heteroatoms. The van der Waals surface area contributed by atoms with Crippen LogP contribution in [-0.4, -0.2) is 27.8 Å². The van der Waals surface area contributed by atoms with Gasteiger partial charge in [-0.1, -0.05) is 0 Å². The average molecular weight is 480 g/mol. The zero-order valence-electron chi connectivity index (χ0n) is 13.4. The monoisotopic (exact) mass is 478 g/mol. The number of hydrazone groups is 1. The molecular formula is C18H12Br2N2O4. The molecule has 2 N–H and O–H groups in total. The Kier molecular flexibility index (Phi) is 4.97. The molecule has 3 rings (SSSR count). The van der Waals surface area contributed by atoms with E-state index in [9.17, 15) is 14.7 Å². The standard InChI is InChI=1S/C18H12Br2N2O4/c1-9-13(6-10-7-14(19)16(23)15(20)8-10)17(24)22(21-9)12-4-2-11(3-5-12)18(25)26/h2-8,23H,1H3,(H,25,26)/b13-6+. The lowest BCUT2D eigenvalue weighted by molar-refractivity contribution is -0.114. The topological polar surface area (TPSA) is 90.2 Å². The second kappa shape index (κ2) is 7.05. The zero-order chi connectivity index (χ0) is 19.0. The van der Waals surface area contributed by atoms with Crippen molar-refractivity contribution in [2.24, 2.45) is 5.10 Å². The van der Waals surface area contributed by atoms with E-state index in [-0.39, 0.29) is 17.2 Å². The van der Waals surface area contributed by atoms with Crippen molar-refractivity contribution in [2.45, 2.75) is 6.92 Å². The number of carboxylic acid groups (broad SMARTS) is 1. The minimum absolute atomic E-state index is 0.0791. The normalized spacial score (nSPS) is 15.5. The van der Waals surface area contributed by atoms with Crippen molar-refractivity contribution in [2.75, 3.05) is 5.01 Å². The Morgan fingerprint density at radius 1 is 1.15 bits per heavy atom. The number of phenolic OH excluding ortho intramolecular Hbond substituents is 1. The summed E-state index contributed by atoms with van der Waals surface area (Å²) in [7, 11) is 0. The maximum Gasteiger partial charge on any atom is 0.335 e. The second-order valence-corrected chi connectivity index (χ2v) is 7.25. The third-order valence-electron chi connectivity index (χ3n) is 3.77. The fourth-order valence-electron chi connectivity index (χ4n) is 2.44. The molecule has 0 fully saturated rings. The molecule has 2 aromatic carbocycles. The van der Waals surface area contributed by atoms with Gasteiger partial charge in [0.05, 0.1) is 31.5 Å². The number of hydrogen-bond donors (Lipinski definition) is 2. The summed E-state index contributed by atoms with van der Waals surface area (Å²) >= 11 is 6.52. The predicted octanol–water partition coefficient (Wildman–Crippen LogP) is 4.42. The van der Waals surface area contributed by atoms with E-state index in [1.807, 2.05) is 0 Å². The lowest BCUT2D eigenvalue weighted by Gasteiger charge is -2.11. The number of carboxylic acids is 1. The predicted molar refractivity (Wildman–Crippen MR) is 105 cm³/mol. The summed E-state index contributed by atoms with van der Waals surface area (Å²) in [6, 6.07) is 9.30. The second-order valence-electron chi connectivity index (χ2n) is 5.55. The van der Waals surface area contributed by atoms with E-state index >= 15 is 0 Å². The van der Waals surface area contributed by atoms with Crippen LogP contribution >= 0.6 is 31.9 Å². The number of amides is 1. The molecule has 1 aliphatic rings. The third kappa shape index (κ3) is 3.42.